The van der Waals surface area contributed by atoms with Crippen molar-refractivity contribution in [3.8, 4) is 11.5 Å². The lowest BCUT2D eigenvalue weighted by Crippen LogP contribution is -2.75. The largest absolute Gasteiger partial charge is 0.508 e. The summed E-state index contributed by atoms with van der Waals surface area (Å²) in [6.45, 7) is -0.0384. The fraction of sp³-hybridized carbons (Fsp3) is 0.263. The highest BCUT2D eigenvalue weighted by Gasteiger charge is 2.54. The number of piperazine rings is 1. The molecule has 0 saturated carbocycles. The highest BCUT2D eigenvalue weighted by Crippen LogP contribution is 2.32. The van der Waals surface area contributed by atoms with E-state index in [2.05, 4.69) is 5.32 Å². The summed E-state index contributed by atoms with van der Waals surface area (Å²) in [5.74, 6) is -1.47. The number of nitrogens with zero attached hydrogens (tertiary/aromatic N) is 3. The zero-order chi connectivity index (χ0) is 35.2. The Bertz CT molecular complexity index is 1800. The number of hydroxylamine groups is 2. The third-order valence-corrected chi connectivity index (χ3v) is 9.04. The number of hydrogen-bond donors (Lipinski definition) is 4. The van der Waals surface area contributed by atoms with Crippen molar-refractivity contribution in [2.75, 3.05) is 13.1 Å². The van der Waals surface area contributed by atoms with Crippen LogP contribution in [0.15, 0.2) is 109 Å². The lowest BCUT2D eigenvalue weighted by Gasteiger charge is -2.53. The predicted octanol–water partition coefficient (Wildman–Crippen LogP) is 3.51. The van der Waals surface area contributed by atoms with E-state index in [9.17, 15) is 34.5 Å². The number of hydrogen-bond acceptors (Lipinski definition) is 7. The van der Waals surface area contributed by atoms with Crippen LogP contribution in [0.3, 0.4) is 0 Å². The summed E-state index contributed by atoms with van der Waals surface area (Å²) < 4.78 is 0. The third-order valence-electron chi connectivity index (χ3n) is 9.04. The number of amides is 4. The molecule has 2 heterocycles. The van der Waals surface area contributed by atoms with Gasteiger partial charge in [-0.05, 0) is 52.9 Å². The number of nitrogens with one attached hydrogen (secondary N) is 1. The van der Waals surface area contributed by atoms with Crippen LogP contribution in [0.25, 0.3) is 0 Å². The standard InChI is InChI=1S/C38H38N4O8/c43-29-15-11-27(12-16-29)21-31(35(45)39-20-19-25-7-3-1-4-8-25)40-24-34-41(32(36(40)46)22-28-13-17-30(44)18-14-28)37(47)33(50-42(34)38(48)49)23-26-9-5-2-6-10-26/h1-18,31-34,43-44H,19-24H2,(H,39,45)(H,48,49)/t31-,32-,33+,34?/m0/s1. The van der Waals surface area contributed by atoms with Gasteiger partial charge in [0.2, 0.25) is 11.8 Å². The average molecular weight is 679 g/mol. The smallest absolute Gasteiger partial charge is 0.433 e. The van der Waals surface area contributed by atoms with Crippen molar-refractivity contribution in [1.82, 2.24) is 20.2 Å². The molecule has 2 aliphatic heterocycles. The Morgan fingerprint density at radius 2 is 1.30 bits per heavy atom. The molecular formula is C38H38N4O8. The second-order valence-electron chi connectivity index (χ2n) is 12.4. The lowest BCUT2D eigenvalue weighted by molar-refractivity contribution is -0.265. The molecule has 2 fully saturated rings. The highest BCUT2D eigenvalue weighted by atomic mass is 16.7. The van der Waals surface area contributed by atoms with Crippen molar-refractivity contribution in [3.05, 3.63) is 131 Å². The van der Waals surface area contributed by atoms with Gasteiger partial charge in [-0.25, -0.2) is 4.79 Å². The van der Waals surface area contributed by atoms with Crippen LogP contribution >= 0.6 is 0 Å². The number of rotatable bonds is 11. The van der Waals surface area contributed by atoms with E-state index in [1.54, 1.807) is 48.5 Å². The first kappa shape index (κ1) is 34.0. The zero-order valence-electron chi connectivity index (χ0n) is 27.2. The van der Waals surface area contributed by atoms with Crippen molar-refractivity contribution in [3.63, 3.8) is 0 Å². The molecule has 2 aliphatic rings. The fourth-order valence-electron chi connectivity index (χ4n) is 6.52. The molecule has 0 aliphatic carbocycles. The maximum absolute atomic E-state index is 14.7. The number of carboxylic acid groups (broad SMARTS) is 1. The van der Waals surface area contributed by atoms with E-state index in [0.29, 0.717) is 22.6 Å². The molecule has 12 nitrogen and oxygen atoms in total. The number of carbonyl (C=O) groups is 4. The Kier molecular flexibility index (Phi) is 10.3. The Labute approximate surface area is 289 Å². The minimum Gasteiger partial charge on any atom is -0.508 e. The Morgan fingerprint density at radius 3 is 1.90 bits per heavy atom. The Hall–Kier alpha value is -5.88. The Balaban J connectivity index is 1.35. The van der Waals surface area contributed by atoms with Gasteiger partial charge in [0.1, 0.15) is 23.6 Å². The van der Waals surface area contributed by atoms with Crippen LogP contribution in [0.4, 0.5) is 4.79 Å². The maximum atomic E-state index is 14.7. The SMILES string of the molecule is O=C(NCCc1ccccc1)[C@H](Cc1ccc(O)cc1)N1CC2N(C(=O)O)O[C@H](Cc3ccccc3)C(=O)N2[C@@H](Cc2ccc(O)cc2)C1=O. The van der Waals surface area contributed by atoms with Gasteiger partial charge in [0.15, 0.2) is 12.3 Å². The van der Waals surface area contributed by atoms with Crippen LogP contribution in [-0.2, 0) is 44.9 Å². The monoisotopic (exact) mass is 678 g/mol. The summed E-state index contributed by atoms with van der Waals surface area (Å²) in [6, 6.07) is 28.8. The second kappa shape index (κ2) is 15.1. The molecule has 4 atom stereocenters. The Morgan fingerprint density at radius 1 is 0.740 bits per heavy atom. The number of aromatic hydroxyl groups is 2. The van der Waals surface area contributed by atoms with Gasteiger partial charge in [0, 0.05) is 25.8 Å². The van der Waals surface area contributed by atoms with Gasteiger partial charge >= 0.3 is 6.09 Å². The van der Waals surface area contributed by atoms with Crippen LogP contribution in [0.1, 0.15) is 22.3 Å². The van der Waals surface area contributed by atoms with Gasteiger partial charge in [-0.2, -0.15) is 5.06 Å². The average Bonchev–Trinajstić information content (AvgIpc) is 3.12. The van der Waals surface area contributed by atoms with E-state index in [0.717, 1.165) is 11.1 Å². The second-order valence-corrected chi connectivity index (χ2v) is 12.4. The molecule has 50 heavy (non-hydrogen) atoms. The predicted molar refractivity (Wildman–Crippen MR) is 182 cm³/mol. The molecule has 12 heteroatoms. The summed E-state index contributed by atoms with van der Waals surface area (Å²) in [6.07, 6.45) is -3.27. The number of benzene rings is 4. The first-order chi connectivity index (χ1) is 24.2. The van der Waals surface area contributed by atoms with Crippen molar-refractivity contribution in [2.24, 2.45) is 0 Å². The fourth-order valence-corrected chi connectivity index (χ4v) is 6.52. The number of fused-ring (bicyclic) bond motifs is 1. The number of phenolic OH excluding ortho intramolecular Hbond substituents is 2. The van der Waals surface area contributed by atoms with E-state index in [1.165, 1.54) is 34.1 Å². The molecule has 0 radical (unpaired) electrons. The van der Waals surface area contributed by atoms with E-state index in [4.69, 9.17) is 4.84 Å². The van der Waals surface area contributed by atoms with Crippen LogP contribution in [0, 0.1) is 0 Å². The molecule has 6 rings (SSSR count). The quantitative estimate of drug-likeness (QED) is 0.188. The zero-order valence-corrected chi connectivity index (χ0v) is 27.2. The van der Waals surface area contributed by atoms with Crippen molar-refractivity contribution in [2.45, 2.75) is 50.0 Å². The highest BCUT2D eigenvalue weighted by molar-refractivity contribution is 5.95. The van der Waals surface area contributed by atoms with Crippen molar-refractivity contribution >= 4 is 23.8 Å². The lowest BCUT2D eigenvalue weighted by atomic mass is 9.94. The topological polar surface area (TPSA) is 160 Å². The molecule has 0 aromatic heterocycles. The first-order valence-electron chi connectivity index (χ1n) is 16.4. The summed E-state index contributed by atoms with van der Waals surface area (Å²) in [5, 5.41) is 33.8. The van der Waals surface area contributed by atoms with E-state index in [1.807, 2.05) is 36.4 Å². The van der Waals surface area contributed by atoms with Gasteiger partial charge in [-0.1, -0.05) is 84.9 Å². The summed E-state index contributed by atoms with van der Waals surface area (Å²) in [5.41, 5.74) is 3.03. The van der Waals surface area contributed by atoms with Crippen LogP contribution < -0.4 is 5.32 Å². The van der Waals surface area contributed by atoms with E-state index in [-0.39, 0.29) is 43.9 Å². The summed E-state index contributed by atoms with van der Waals surface area (Å²) >= 11 is 0. The molecule has 258 valence electrons. The van der Waals surface area contributed by atoms with E-state index >= 15 is 0 Å². The van der Waals surface area contributed by atoms with Gasteiger partial charge in [-0.15, -0.1) is 0 Å². The summed E-state index contributed by atoms with van der Waals surface area (Å²) in [7, 11) is 0. The molecule has 2 saturated heterocycles. The van der Waals surface area contributed by atoms with Crippen molar-refractivity contribution in [1.29, 1.82) is 0 Å². The van der Waals surface area contributed by atoms with Crippen LogP contribution in [0.2, 0.25) is 0 Å². The normalized spacial score (nSPS) is 19.5. The molecule has 1 unspecified atom stereocenters. The summed E-state index contributed by atoms with van der Waals surface area (Å²) in [4.78, 5) is 64.1. The van der Waals surface area contributed by atoms with Crippen molar-refractivity contribution < 1.29 is 39.3 Å². The van der Waals surface area contributed by atoms with Gasteiger partial charge < -0.3 is 30.4 Å². The molecule has 4 aromatic rings. The third kappa shape index (κ3) is 7.71. The first-order valence-corrected chi connectivity index (χ1v) is 16.4. The maximum Gasteiger partial charge on any atom is 0.433 e. The molecule has 4 N–H and O–H groups in total. The van der Waals surface area contributed by atoms with Gasteiger partial charge in [0.25, 0.3) is 5.91 Å². The van der Waals surface area contributed by atoms with Crippen LogP contribution in [0.5, 0.6) is 11.5 Å². The minimum atomic E-state index is -1.45. The van der Waals surface area contributed by atoms with Gasteiger partial charge in [0.05, 0.1) is 6.54 Å². The molecule has 0 bridgehead atoms. The number of carbonyl (C=O) groups excluding carboxylic acids is 3. The van der Waals surface area contributed by atoms with Gasteiger partial charge in [-0.3, -0.25) is 19.2 Å². The van der Waals surface area contributed by atoms with Crippen LogP contribution in [-0.4, -0.2) is 91.4 Å². The molecular weight excluding hydrogens is 640 g/mol. The molecule has 0 spiro atoms. The molecule has 4 aromatic carbocycles. The minimum absolute atomic E-state index is 0.00900. The molecule has 4 amide bonds. The number of phenols is 2. The van der Waals surface area contributed by atoms with E-state index < -0.39 is 48.2 Å².